The summed E-state index contributed by atoms with van der Waals surface area (Å²) in [5.74, 6) is 0. The van der Waals surface area contributed by atoms with Crippen LogP contribution in [0.1, 0.15) is 0 Å². The Bertz CT molecular complexity index is 44.7. The quantitative estimate of drug-likeness (QED) is 0.393. The fraction of sp³-hybridized carbons (Fsp3) is 1.00. The molecule has 0 aromatic carbocycles. The van der Waals surface area contributed by atoms with Gasteiger partial charge in [-0.05, 0) is 0 Å². The van der Waals surface area contributed by atoms with Crippen LogP contribution < -0.4 is 51.4 Å². The third kappa shape index (κ3) is 11.2. The van der Waals surface area contributed by atoms with Gasteiger partial charge in [-0.2, -0.15) is 0 Å². The van der Waals surface area contributed by atoms with Crippen LogP contribution in [0.2, 0.25) is 0 Å². The Kier molecular flexibility index (Phi) is 6.99. The second kappa shape index (κ2) is 4.34. The molecule has 0 atom stereocenters. The Morgan fingerprint density at radius 2 is 1.43 bits per heavy atom. The van der Waals surface area contributed by atoms with Crippen molar-refractivity contribution in [3.8, 4) is 0 Å². The van der Waals surface area contributed by atoms with E-state index in [1.54, 1.807) is 0 Å². The Balaban J connectivity index is 0. The number of rotatable bonds is 1. The molecule has 6 heteroatoms. The molecule has 0 aromatic rings. The van der Waals surface area contributed by atoms with Gasteiger partial charge in [0.1, 0.15) is 0 Å². The van der Waals surface area contributed by atoms with Gasteiger partial charge in [0.25, 0.3) is 0 Å². The molecule has 0 saturated carbocycles. The molecule has 0 aliphatic heterocycles. The third-order valence-corrected chi connectivity index (χ3v) is 0.207. The number of aliphatic hydroxyl groups is 1. The van der Waals surface area contributed by atoms with Crippen molar-refractivity contribution in [3.63, 3.8) is 0 Å². The van der Waals surface area contributed by atoms with Gasteiger partial charge in [0.2, 0.25) is 0 Å². The second-order valence-electron chi connectivity index (χ2n) is 0.893. The van der Waals surface area contributed by atoms with Gasteiger partial charge in [0.15, 0.2) is 0 Å². The van der Waals surface area contributed by atoms with E-state index in [9.17, 15) is 12.9 Å². The molecule has 0 saturated heterocycles. The maximum absolute atomic E-state index is 10.6. The first-order chi connectivity index (χ1) is 2.56. The van der Waals surface area contributed by atoms with E-state index in [0.29, 0.717) is 0 Å². The van der Waals surface area contributed by atoms with Gasteiger partial charge in [-0.1, -0.05) is 0 Å². The molecule has 0 fully saturated rings. The normalized spacial score (nSPS) is 10.3. The summed E-state index contributed by atoms with van der Waals surface area (Å²) in [5, 5.41) is 7.31. The van der Waals surface area contributed by atoms with Crippen molar-refractivity contribution in [1.29, 1.82) is 0 Å². The second-order valence-corrected chi connectivity index (χ2v) is 0.893. The Morgan fingerprint density at radius 1 is 1.29 bits per heavy atom. The Hall–Kier alpha value is 1.45. The average molecular weight is 138 g/mol. The zero-order valence-corrected chi connectivity index (χ0v) is 6.99. The molecule has 0 aliphatic rings. The number of hydrogen-bond donors (Lipinski definition) is 1. The van der Waals surface area contributed by atoms with E-state index in [1.807, 2.05) is 0 Å². The molecule has 1 N–H and O–H groups in total. The van der Waals surface area contributed by atoms with Crippen molar-refractivity contribution >= 4 is 6.98 Å². The first kappa shape index (κ1) is 11.3. The van der Waals surface area contributed by atoms with E-state index >= 15 is 0 Å². The summed E-state index contributed by atoms with van der Waals surface area (Å²) < 4.78 is 31.8. The third-order valence-electron chi connectivity index (χ3n) is 0.207. The van der Waals surface area contributed by atoms with Crippen LogP contribution in [0.4, 0.5) is 12.9 Å². The van der Waals surface area contributed by atoms with Gasteiger partial charge in [-0.25, -0.2) is 0 Å². The van der Waals surface area contributed by atoms with Crippen LogP contribution in [0.5, 0.6) is 0 Å². The maximum Gasteiger partial charge on any atom is 1.00 e. The van der Waals surface area contributed by atoms with Gasteiger partial charge in [0, 0.05) is 6.51 Å². The predicted molar refractivity (Wildman–Crippen MR) is 16.2 cm³/mol. The molecule has 0 aliphatic carbocycles. The summed E-state index contributed by atoms with van der Waals surface area (Å²) in [4.78, 5) is 0. The Morgan fingerprint density at radius 3 is 1.43 bits per heavy atom. The van der Waals surface area contributed by atoms with Crippen LogP contribution in [0, 0.1) is 0 Å². The molecule has 0 bridgehead atoms. The first-order valence-corrected chi connectivity index (χ1v) is 1.38. The van der Waals surface area contributed by atoms with Crippen molar-refractivity contribution in [2.24, 2.45) is 0 Å². The number of hydrogen-bond acceptors (Lipinski definition) is 1. The van der Waals surface area contributed by atoms with Crippen LogP contribution >= 0.6 is 0 Å². The minimum absolute atomic E-state index is 0. The van der Waals surface area contributed by atoms with E-state index < -0.39 is 13.5 Å². The molecule has 0 amide bonds. The standard InChI is InChI=1S/CH3BF3O.K/c3-2(4,5)1-6;/h6H,1H2;/q-1;+1. The van der Waals surface area contributed by atoms with E-state index in [2.05, 4.69) is 0 Å². The minimum Gasteiger partial charge on any atom is -0.447 e. The number of aliphatic hydroxyl groups excluding tert-OH is 1. The summed E-state index contributed by atoms with van der Waals surface area (Å²) in [6, 6.07) is 0. The number of halogens is 3. The zero-order valence-electron chi connectivity index (χ0n) is 3.87. The van der Waals surface area contributed by atoms with Gasteiger partial charge in [0.05, 0.1) is 0 Å². The summed E-state index contributed by atoms with van der Waals surface area (Å²) in [5.41, 5.74) is 0. The van der Waals surface area contributed by atoms with E-state index in [-0.39, 0.29) is 51.4 Å². The SMILES string of the molecule is OC[B-](F)(F)F.[K+]. The molecule has 7 heavy (non-hydrogen) atoms. The topological polar surface area (TPSA) is 20.2 Å². The summed E-state index contributed by atoms with van der Waals surface area (Å²) in [6.45, 7) is -6.60. The zero-order chi connectivity index (χ0) is 5.21. The van der Waals surface area contributed by atoms with Crippen LogP contribution in [0.25, 0.3) is 0 Å². The van der Waals surface area contributed by atoms with Crippen molar-refractivity contribution in [3.05, 3.63) is 0 Å². The fourth-order valence-corrected chi connectivity index (χ4v) is 0. The van der Waals surface area contributed by atoms with E-state index in [1.165, 1.54) is 0 Å². The van der Waals surface area contributed by atoms with Crippen molar-refractivity contribution in [1.82, 2.24) is 0 Å². The maximum atomic E-state index is 10.6. The molecular weight excluding hydrogens is 135 g/mol. The first-order valence-electron chi connectivity index (χ1n) is 1.38. The van der Waals surface area contributed by atoms with Crippen LogP contribution in [-0.2, 0) is 0 Å². The van der Waals surface area contributed by atoms with Crippen molar-refractivity contribution in [2.75, 3.05) is 6.51 Å². The van der Waals surface area contributed by atoms with Crippen molar-refractivity contribution < 1.29 is 69.4 Å². The molecule has 0 radical (unpaired) electrons. The Labute approximate surface area is 81.8 Å². The molecule has 1 nitrogen and oxygen atoms in total. The largest absolute Gasteiger partial charge is 1.00 e. The van der Waals surface area contributed by atoms with Crippen LogP contribution in [-0.4, -0.2) is 18.6 Å². The smallest absolute Gasteiger partial charge is 0.447 e. The average Bonchev–Trinajstić information content (AvgIpc) is 1.35. The summed E-state index contributed by atoms with van der Waals surface area (Å²) in [6.07, 6.45) is 0. The fourth-order valence-electron chi connectivity index (χ4n) is 0. The molecule has 0 unspecified atom stereocenters. The predicted octanol–water partition coefficient (Wildman–Crippen LogP) is -2.63. The van der Waals surface area contributed by atoms with Gasteiger partial charge < -0.3 is 18.1 Å². The molecule has 0 rings (SSSR count). The van der Waals surface area contributed by atoms with E-state index in [4.69, 9.17) is 5.11 Å². The molecule has 0 aromatic heterocycles. The van der Waals surface area contributed by atoms with Gasteiger partial charge >= 0.3 is 58.4 Å². The molecule has 38 valence electrons. The molecular formula is CH3BF3KO. The summed E-state index contributed by atoms with van der Waals surface area (Å²) in [7, 11) is 0. The summed E-state index contributed by atoms with van der Waals surface area (Å²) >= 11 is 0. The minimum atomic E-state index is -4.93. The van der Waals surface area contributed by atoms with Gasteiger partial charge in [-0.3, -0.25) is 0 Å². The molecule has 0 heterocycles. The monoisotopic (exact) mass is 138 g/mol. The van der Waals surface area contributed by atoms with E-state index in [0.717, 1.165) is 0 Å². The van der Waals surface area contributed by atoms with Crippen LogP contribution in [0.15, 0.2) is 0 Å². The van der Waals surface area contributed by atoms with Gasteiger partial charge in [-0.15, -0.1) is 0 Å². The van der Waals surface area contributed by atoms with Crippen molar-refractivity contribution in [2.45, 2.75) is 0 Å². The molecule has 0 spiro atoms. The van der Waals surface area contributed by atoms with Crippen LogP contribution in [0.3, 0.4) is 0 Å².